The molecule has 0 aliphatic carbocycles. The molecule has 1 heterocycles. The minimum atomic E-state index is 0. The Balaban J connectivity index is 0.00000288. The fourth-order valence-corrected chi connectivity index (χ4v) is 3.22. The highest BCUT2D eigenvalue weighted by molar-refractivity contribution is 14.0. The smallest absolute Gasteiger partial charge is 0.191 e. The Labute approximate surface area is 165 Å². The summed E-state index contributed by atoms with van der Waals surface area (Å²) in [6, 6.07) is 12.5. The van der Waals surface area contributed by atoms with Gasteiger partial charge in [-0.2, -0.15) is 0 Å². The van der Waals surface area contributed by atoms with Crippen LogP contribution in [-0.4, -0.2) is 26.7 Å². The first kappa shape index (κ1) is 20.8. The number of nitrogens with zero attached hydrogens (tertiary/aromatic N) is 1. The average molecular weight is 459 g/mol. The zero-order valence-electron chi connectivity index (χ0n) is 14.5. The number of rotatable bonds is 7. The van der Waals surface area contributed by atoms with Crippen molar-refractivity contribution in [2.75, 3.05) is 20.7 Å². The van der Waals surface area contributed by atoms with Crippen molar-refractivity contribution < 1.29 is 4.74 Å². The van der Waals surface area contributed by atoms with Crippen LogP contribution in [0.25, 0.3) is 0 Å². The minimum absolute atomic E-state index is 0. The van der Waals surface area contributed by atoms with Gasteiger partial charge in [-0.3, -0.25) is 4.99 Å². The van der Waals surface area contributed by atoms with E-state index in [2.05, 4.69) is 40.7 Å². The van der Waals surface area contributed by atoms with Gasteiger partial charge < -0.3 is 15.4 Å². The third-order valence-corrected chi connectivity index (χ3v) is 4.83. The summed E-state index contributed by atoms with van der Waals surface area (Å²) in [7, 11) is 3.50. The SMILES string of the molecule is CCc1ccc(CNC(=NC)NCCc2ccccc2OC)s1.I. The first-order chi connectivity index (χ1) is 11.3. The Morgan fingerprint density at radius 2 is 1.88 bits per heavy atom. The lowest BCUT2D eigenvalue weighted by Gasteiger charge is -2.12. The number of halogens is 1. The standard InChI is InChI=1S/C18H25N3OS.HI/c1-4-15-9-10-16(23-15)13-21-18(19-2)20-12-11-14-7-5-6-8-17(14)22-3;/h5-10H,4,11-13H2,1-3H3,(H2,19,20,21);1H. The monoisotopic (exact) mass is 459 g/mol. The summed E-state index contributed by atoms with van der Waals surface area (Å²) in [4.78, 5) is 7.02. The van der Waals surface area contributed by atoms with Crippen molar-refractivity contribution >= 4 is 41.3 Å². The van der Waals surface area contributed by atoms with Crippen molar-refractivity contribution in [3.8, 4) is 5.75 Å². The molecule has 6 heteroatoms. The molecule has 0 saturated heterocycles. The van der Waals surface area contributed by atoms with Crippen LogP contribution in [0.15, 0.2) is 41.4 Å². The van der Waals surface area contributed by atoms with Crippen LogP contribution in [0.4, 0.5) is 0 Å². The Morgan fingerprint density at radius 1 is 1.12 bits per heavy atom. The van der Waals surface area contributed by atoms with Gasteiger partial charge in [0.25, 0.3) is 0 Å². The van der Waals surface area contributed by atoms with E-state index in [1.165, 1.54) is 15.3 Å². The van der Waals surface area contributed by atoms with Crippen LogP contribution in [0.1, 0.15) is 22.2 Å². The van der Waals surface area contributed by atoms with E-state index in [1.807, 2.05) is 29.5 Å². The molecule has 0 fully saturated rings. The molecule has 2 rings (SSSR count). The van der Waals surface area contributed by atoms with Crippen molar-refractivity contribution in [3.63, 3.8) is 0 Å². The second-order valence-corrected chi connectivity index (χ2v) is 6.39. The molecule has 2 aromatic rings. The topological polar surface area (TPSA) is 45.7 Å². The Bertz CT molecular complexity index is 643. The van der Waals surface area contributed by atoms with E-state index in [-0.39, 0.29) is 24.0 Å². The van der Waals surface area contributed by atoms with Crippen molar-refractivity contribution in [3.05, 3.63) is 51.7 Å². The van der Waals surface area contributed by atoms with Crippen LogP contribution in [0, 0.1) is 0 Å². The fraction of sp³-hybridized carbons (Fsp3) is 0.389. The predicted octanol–water partition coefficient (Wildman–Crippen LogP) is 3.84. The van der Waals surface area contributed by atoms with Gasteiger partial charge in [0.05, 0.1) is 13.7 Å². The number of benzene rings is 1. The largest absolute Gasteiger partial charge is 0.496 e. The number of methoxy groups -OCH3 is 1. The molecule has 0 aliphatic rings. The normalized spacial score (nSPS) is 10.9. The van der Waals surface area contributed by atoms with Crippen molar-refractivity contribution in [2.24, 2.45) is 4.99 Å². The number of guanidine groups is 1. The first-order valence-corrected chi connectivity index (χ1v) is 8.72. The van der Waals surface area contributed by atoms with E-state index < -0.39 is 0 Å². The molecule has 0 saturated carbocycles. The molecule has 0 radical (unpaired) electrons. The molecule has 0 aliphatic heterocycles. The highest BCUT2D eigenvalue weighted by atomic mass is 127. The van der Waals surface area contributed by atoms with Crippen LogP contribution in [0.3, 0.4) is 0 Å². The number of hydrogen-bond donors (Lipinski definition) is 2. The van der Waals surface area contributed by atoms with E-state index in [9.17, 15) is 0 Å². The van der Waals surface area contributed by atoms with Gasteiger partial charge >= 0.3 is 0 Å². The maximum atomic E-state index is 5.38. The van der Waals surface area contributed by atoms with Crippen LogP contribution in [0.2, 0.25) is 0 Å². The third-order valence-electron chi connectivity index (χ3n) is 3.60. The maximum absolute atomic E-state index is 5.38. The zero-order chi connectivity index (χ0) is 16.5. The second kappa shape index (κ2) is 11.3. The van der Waals surface area contributed by atoms with E-state index in [0.29, 0.717) is 0 Å². The minimum Gasteiger partial charge on any atom is -0.496 e. The molecule has 0 amide bonds. The van der Waals surface area contributed by atoms with Gasteiger partial charge in [0.15, 0.2) is 5.96 Å². The number of nitrogens with one attached hydrogen (secondary N) is 2. The Hall–Kier alpha value is -1.28. The van der Waals surface area contributed by atoms with Crippen LogP contribution >= 0.6 is 35.3 Å². The second-order valence-electron chi connectivity index (χ2n) is 5.14. The number of hydrogen-bond acceptors (Lipinski definition) is 3. The number of para-hydroxylation sites is 1. The fourth-order valence-electron chi connectivity index (χ4n) is 2.32. The van der Waals surface area contributed by atoms with Gasteiger partial charge in [-0.05, 0) is 36.6 Å². The molecule has 24 heavy (non-hydrogen) atoms. The number of aryl methyl sites for hydroxylation is 1. The molecular weight excluding hydrogens is 433 g/mol. The molecule has 0 unspecified atom stereocenters. The molecule has 4 nitrogen and oxygen atoms in total. The Kier molecular flexibility index (Phi) is 9.78. The van der Waals surface area contributed by atoms with Gasteiger partial charge in [-0.25, -0.2) is 0 Å². The molecule has 0 bridgehead atoms. The summed E-state index contributed by atoms with van der Waals surface area (Å²) in [6.07, 6.45) is 1.99. The summed E-state index contributed by atoms with van der Waals surface area (Å²) in [5, 5.41) is 6.70. The van der Waals surface area contributed by atoms with Crippen LogP contribution < -0.4 is 15.4 Å². The molecule has 1 aromatic carbocycles. The lowest BCUT2D eigenvalue weighted by Crippen LogP contribution is -2.37. The first-order valence-electron chi connectivity index (χ1n) is 7.90. The molecule has 132 valence electrons. The summed E-state index contributed by atoms with van der Waals surface area (Å²) < 4.78 is 5.38. The summed E-state index contributed by atoms with van der Waals surface area (Å²) in [6.45, 7) is 3.80. The molecule has 0 spiro atoms. The van der Waals surface area contributed by atoms with Crippen molar-refractivity contribution in [1.82, 2.24) is 10.6 Å². The molecule has 1 aromatic heterocycles. The van der Waals surface area contributed by atoms with Crippen LogP contribution in [0.5, 0.6) is 5.75 Å². The summed E-state index contributed by atoms with van der Waals surface area (Å²) >= 11 is 1.85. The number of thiophene rings is 1. The predicted molar refractivity (Wildman–Crippen MR) is 114 cm³/mol. The van der Waals surface area contributed by atoms with E-state index in [0.717, 1.165) is 37.6 Å². The van der Waals surface area contributed by atoms with Gasteiger partial charge in [-0.1, -0.05) is 25.1 Å². The number of ether oxygens (including phenoxy) is 1. The van der Waals surface area contributed by atoms with Gasteiger partial charge in [0, 0.05) is 23.3 Å². The quantitative estimate of drug-likeness (QED) is 0.376. The van der Waals surface area contributed by atoms with Gasteiger partial charge in [0.2, 0.25) is 0 Å². The molecular formula is C18H26IN3OS. The number of aliphatic imine (C=N–C) groups is 1. The lowest BCUT2D eigenvalue weighted by atomic mass is 10.1. The molecule has 0 atom stereocenters. The van der Waals surface area contributed by atoms with Gasteiger partial charge in [0.1, 0.15) is 5.75 Å². The van der Waals surface area contributed by atoms with E-state index >= 15 is 0 Å². The van der Waals surface area contributed by atoms with E-state index in [1.54, 1.807) is 14.2 Å². The van der Waals surface area contributed by atoms with Crippen LogP contribution in [-0.2, 0) is 19.4 Å². The molecule has 2 N–H and O–H groups in total. The average Bonchev–Trinajstić information content (AvgIpc) is 3.06. The lowest BCUT2D eigenvalue weighted by molar-refractivity contribution is 0.409. The van der Waals surface area contributed by atoms with E-state index in [4.69, 9.17) is 4.74 Å². The zero-order valence-corrected chi connectivity index (χ0v) is 17.6. The Morgan fingerprint density at radius 3 is 2.54 bits per heavy atom. The van der Waals surface area contributed by atoms with Gasteiger partial charge in [-0.15, -0.1) is 35.3 Å². The highest BCUT2D eigenvalue weighted by Crippen LogP contribution is 2.17. The maximum Gasteiger partial charge on any atom is 0.191 e. The highest BCUT2D eigenvalue weighted by Gasteiger charge is 2.03. The van der Waals surface area contributed by atoms with Crippen molar-refractivity contribution in [2.45, 2.75) is 26.3 Å². The third kappa shape index (κ3) is 6.32. The summed E-state index contributed by atoms with van der Waals surface area (Å²) in [5.41, 5.74) is 1.20. The van der Waals surface area contributed by atoms with Crippen molar-refractivity contribution in [1.29, 1.82) is 0 Å². The summed E-state index contributed by atoms with van der Waals surface area (Å²) in [5.74, 6) is 1.76.